The van der Waals surface area contributed by atoms with E-state index in [1.165, 1.54) is 11.1 Å². The molecule has 0 saturated carbocycles. The number of nitrogens with two attached hydrogens (primary N) is 1. The van der Waals surface area contributed by atoms with Crippen LogP contribution in [-0.4, -0.2) is 61.3 Å². The summed E-state index contributed by atoms with van der Waals surface area (Å²) < 4.78 is 32.6. The molecule has 1 fully saturated rings. The smallest absolute Gasteiger partial charge is 0.182 e. The third-order valence-corrected chi connectivity index (χ3v) is 10.5. The third kappa shape index (κ3) is 6.76. The first-order valence-corrected chi connectivity index (χ1v) is 16.8. The zero-order chi connectivity index (χ0) is 31.1. The second kappa shape index (κ2) is 12.0. The van der Waals surface area contributed by atoms with Gasteiger partial charge in [0.2, 0.25) is 0 Å². The number of ether oxygens (including phenoxy) is 1. The Hall–Kier alpha value is -3.34. The number of sulfone groups is 1. The molecular weight excluding hydrogens is 560 g/mol. The fourth-order valence-electron chi connectivity index (χ4n) is 5.98. The van der Waals surface area contributed by atoms with Gasteiger partial charge in [0.25, 0.3) is 0 Å². The quantitative estimate of drug-likeness (QED) is 0.250. The predicted octanol–water partition coefficient (Wildman–Crippen LogP) is 5.93. The number of nitrogens with one attached hydrogen (secondary N) is 3. The van der Waals surface area contributed by atoms with E-state index in [9.17, 15) is 8.42 Å². The highest BCUT2D eigenvalue weighted by atomic mass is 32.2. The van der Waals surface area contributed by atoms with Crippen LogP contribution >= 0.6 is 0 Å². The Morgan fingerprint density at radius 1 is 1.07 bits per heavy atom. The zero-order valence-corrected chi connectivity index (χ0v) is 27.2. The van der Waals surface area contributed by atoms with Crippen molar-refractivity contribution in [1.82, 2.24) is 9.88 Å². The van der Waals surface area contributed by atoms with Gasteiger partial charge in [0.05, 0.1) is 27.6 Å². The van der Waals surface area contributed by atoms with Crippen LogP contribution in [0.25, 0.3) is 0 Å². The number of hydrogen-bond acceptors (Lipinski definition) is 8. The van der Waals surface area contributed by atoms with Crippen molar-refractivity contribution in [2.75, 3.05) is 30.8 Å². The maximum Gasteiger partial charge on any atom is 0.182 e. The molecule has 3 heterocycles. The number of aliphatic imine (C=N–C) groups is 1. The molecule has 9 nitrogen and oxygen atoms in total. The molecule has 1 aromatic heterocycles. The van der Waals surface area contributed by atoms with Crippen molar-refractivity contribution in [3.05, 3.63) is 64.8 Å². The summed E-state index contributed by atoms with van der Waals surface area (Å²) in [4.78, 5) is 10.9. The lowest BCUT2D eigenvalue weighted by atomic mass is 9.86. The minimum Gasteiger partial charge on any atom is -0.489 e. The van der Waals surface area contributed by atoms with Crippen molar-refractivity contribution in [2.24, 2.45) is 10.7 Å². The highest BCUT2D eigenvalue weighted by Gasteiger charge is 2.31. The van der Waals surface area contributed by atoms with Gasteiger partial charge in [-0.3, -0.25) is 0 Å². The Labute approximate surface area is 256 Å². The Balaban J connectivity index is 1.48. The SMILES string of the molecule is Cc1cc(Nc2cc3c([nH]2)CC(C)(N)N=C3Nc2ccccc2S(=O)(=O)C(C)C)c(OC(C)C)cc1C1CCN(C)CC1. The fourth-order valence-corrected chi connectivity index (χ4v) is 7.18. The molecule has 10 heteroatoms. The first kappa shape index (κ1) is 31.1. The van der Waals surface area contributed by atoms with Crippen LogP contribution < -0.4 is 21.1 Å². The largest absolute Gasteiger partial charge is 0.489 e. The number of aromatic amines is 1. The summed E-state index contributed by atoms with van der Waals surface area (Å²) in [6.45, 7) is 13.7. The molecule has 0 spiro atoms. The van der Waals surface area contributed by atoms with Crippen LogP contribution in [0.1, 0.15) is 75.8 Å². The number of aryl methyl sites for hydroxylation is 1. The molecule has 2 aromatic carbocycles. The highest BCUT2D eigenvalue weighted by Crippen LogP contribution is 2.39. The first-order valence-electron chi connectivity index (χ1n) is 15.2. The van der Waals surface area contributed by atoms with E-state index in [0.29, 0.717) is 23.9 Å². The Morgan fingerprint density at radius 2 is 1.77 bits per heavy atom. The van der Waals surface area contributed by atoms with Gasteiger partial charge in [-0.1, -0.05) is 12.1 Å². The van der Waals surface area contributed by atoms with E-state index in [-0.39, 0.29) is 11.0 Å². The molecule has 0 amide bonds. The van der Waals surface area contributed by atoms with Gasteiger partial charge in [-0.05, 0) is 122 Å². The molecule has 2 aliphatic rings. The number of likely N-dealkylation sites (tertiary alicyclic amines) is 1. The molecule has 1 saturated heterocycles. The summed E-state index contributed by atoms with van der Waals surface area (Å²) in [6, 6.07) is 13.3. The van der Waals surface area contributed by atoms with E-state index in [1.54, 1.807) is 32.0 Å². The lowest BCUT2D eigenvalue weighted by Gasteiger charge is -2.30. The second-order valence-electron chi connectivity index (χ2n) is 12.9. The van der Waals surface area contributed by atoms with Crippen LogP contribution in [0.15, 0.2) is 52.4 Å². The lowest BCUT2D eigenvalue weighted by molar-refractivity contribution is 0.241. The summed E-state index contributed by atoms with van der Waals surface area (Å²) in [7, 11) is -1.33. The van der Waals surface area contributed by atoms with E-state index in [0.717, 1.165) is 54.4 Å². The van der Waals surface area contributed by atoms with Crippen molar-refractivity contribution in [1.29, 1.82) is 0 Å². The molecule has 43 heavy (non-hydrogen) atoms. The van der Waals surface area contributed by atoms with Crippen molar-refractivity contribution in [3.63, 3.8) is 0 Å². The van der Waals surface area contributed by atoms with Gasteiger partial charge in [0.15, 0.2) is 9.84 Å². The summed E-state index contributed by atoms with van der Waals surface area (Å²) in [5.41, 5.74) is 11.4. The molecular formula is C33H46N6O3S. The zero-order valence-electron chi connectivity index (χ0n) is 26.4. The number of rotatable bonds is 8. The standard InChI is InChI=1S/C33H46N6O3S/c1-20(2)42-29-17-24(23-12-14-39(7)15-13-23)22(5)16-27(29)35-31-18-25-28(36-31)19-33(6,34)38-32(25)37-26-10-8-9-11-30(26)43(40,41)21(3)4/h8-11,16-18,20-21,23,35-36H,12-15,19,34H2,1-7H3,(H,37,38). The summed E-state index contributed by atoms with van der Waals surface area (Å²) in [5, 5.41) is 6.32. The minimum atomic E-state index is -3.52. The monoisotopic (exact) mass is 606 g/mol. The maximum absolute atomic E-state index is 13.1. The average Bonchev–Trinajstić information content (AvgIpc) is 3.32. The number of hydrogen-bond donors (Lipinski definition) is 4. The lowest BCUT2D eigenvalue weighted by Crippen LogP contribution is -2.42. The van der Waals surface area contributed by atoms with E-state index < -0.39 is 20.8 Å². The predicted molar refractivity (Wildman–Crippen MR) is 176 cm³/mol. The van der Waals surface area contributed by atoms with Crippen LogP contribution in [0, 0.1) is 6.92 Å². The molecule has 5 N–H and O–H groups in total. The molecule has 1 unspecified atom stereocenters. The number of piperidine rings is 1. The van der Waals surface area contributed by atoms with Crippen molar-refractivity contribution < 1.29 is 13.2 Å². The van der Waals surface area contributed by atoms with Gasteiger partial charge in [0, 0.05) is 17.7 Å². The Morgan fingerprint density at radius 3 is 2.44 bits per heavy atom. The molecule has 0 radical (unpaired) electrons. The topological polar surface area (TPSA) is 125 Å². The van der Waals surface area contributed by atoms with Gasteiger partial charge in [-0.25, -0.2) is 13.4 Å². The van der Waals surface area contributed by atoms with Crippen molar-refractivity contribution in [2.45, 2.75) is 88.6 Å². The van der Waals surface area contributed by atoms with Crippen LogP contribution in [0.5, 0.6) is 5.75 Å². The third-order valence-electron chi connectivity index (χ3n) is 8.28. The Bertz CT molecular complexity index is 1620. The normalized spacial score (nSPS) is 19.8. The van der Waals surface area contributed by atoms with E-state index in [1.807, 2.05) is 32.9 Å². The number of fused-ring (bicyclic) bond motifs is 1. The summed E-state index contributed by atoms with van der Waals surface area (Å²) >= 11 is 0. The van der Waals surface area contributed by atoms with Gasteiger partial charge in [-0.15, -0.1) is 0 Å². The van der Waals surface area contributed by atoms with E-state index in [4.69, 9.17) is 15.5 Å². The van der Waals surface area contributed by atoms with Gasteiger partial charge in [-0.2, -0.15) is 0 Å². The maximum atomic E-state index is 13.1. The number of nitrogens with zero attached hydrogens (tertiary/aromatic N) is 2. The molecule has 0 aliphatic carbocycles. The van der Waals surface area contributed by atoms with Gasteiger partial charge >= 0.3 is 0 Å². The fraction of sp³-hybridized carbons (Fsp3) is 0.485. The molecule has 0 bridgehead atoms. The van der Waals surface area contributed by atoms with Crippen LogP contribution in [-0.2, 0) is 16.3 Å². The molecule has 5 rings (SSSR count). The average molecular weight is 607 g/mol. The first-order chi connectivity index (χ1) is 20.2. The number of benzene rings is 2. The molecule has 3 aromatic rings. The Kier molecular flexibility index (Phi) is 8.66. The second-order valence-corrected chi connectivity index (χ2v) is 15.3. The van der Waals surface area contributed by atoms with E-state index >= 15 is 0 Å². The molecule has 2 aliphatic heterocycles. The van der Waals surface area contributed by atoms with Crippen molar-refractivity contribution >= 4 is 32.9 Å². The molecule has 232 valence electrons. The van der Waals surface area contributed by atoms with Crippen molar-refractivity contribution in [3.8, 4) is 5.75 Å². The van der Waals surface area contributed by atoms with Crippen LogP contribution in [0.2, 0.25) is 0 Å². The van der Waals surface area contributed by atoms with Crippen LogP contribution in [0.4, 0.5) is 17.2 Å². The number of aromatic nitrogens is 1. The van der Waals surface area contributed by atoms with Crippen LogP contribution in [0.3, 0.4) is 0 Å². The number of para-hydroxylation sites is 1. The number of H-pyrrole nitrogens is 1. The summed E-state index contributed by atoms with van der Waals surface area (Å²) in [6.07, 6.45) is 2.81. The number of amidine groups is 1. The van der Waals surface area contributed by atoms with Gasteiger partial charge < -0.3 is 31.0 Å². The number of anilines is 3. The summed E-state index contributed by atoms with van der Waals surface area (Å²) in [5.74, 6) is 2.65. The minimum absolute atomic E-state index is 0.0218. The van der Waals surface area contributed by atoms with Gasteiger partial charge in [0.1, 0.15) is 23.1 Å². The molecule has 1 atom stereocenters. The van der Waals surface area contributed by atoms with E-state index in [2.05, 4.69) is 46.6 Å². The highest BCUT2D eigenvalue weighted by molar-refractivity contribution is 7.92.